The van der Waals surface area contributed by atoms with Gasteiger partial charge in [-0.15, -0.1) is 0 Å². The van der Waals surface area contributed by atoms with Crippen LogP contribution < -0.4 is 0 Å². The second-order valence-electron chi connectivity index (χ2n) is 6.51. The first-order valence-electron chi connectivity index (χ1n) is 7.57. The van der Waals surface area contributed by atoms with Crippen LogP contribution in [0.25, 0.3) is 6.08 Å². The SMILES string of the molecule is CC1=C(C)C(C2C=Cc3c(C)ccc(C)c32)C(C)=C1C. The third-order valence-electron chi connectivity index (χ3n) is 5.56. The van der Waals surface area contributed by atoms with E-state index < -0.39 is 0 Å². The molecule has 3 rings (SSSR count). The number of fused-ring (bicyclic) bond motifs is 1. The first-order valence-corrected chi connectivity index (χ1v) is 7.57. The Hall–Kier alpha value is -1.56. The maximum atomic E-state index is 2.42. The molecule has 20 heavy (non-hydrogen) atoms. The summed E-state index contributed by atoms with van der Waals surface area (Å²) in [7, 11) is 0. The zero-order valence-electron chi connectivity index (χ0n) is 13.5. The van der Waals surface area contributed by atoms with Gasteiger partial charge in [0.1, 0.15) is 0 Å². The summed E-state index contributed by atoms with van der Waals surface area (Å²) in [6.07, 6.45) is 4.76. The highest BCUT2D eigenvalue weighted by atomic mass is 14.4. The van der Waals surface area contributed by atoms with Crippen molar-refractivity contribution < 1.29 is 0 Å². The lowest BCUT2D eigenvalue weighted by Crippen LogP contribution is -2.12. The smallest absolute Gasteiger partial charge is 0.0133 e. The number of hydrogen-bond acceptors (Lipinski definition) is 0. The second-order valence-corrected chi connectivity index (χ2v) is 6.51. The lowest BCUT2D eigenvalue weighted by Gasteiger charge is -2.25. The van der Waals surface area contributed by atoms with E-state index in [4.69, 9.17) is 0 Å². The Morgan fingerprint density at radius 2 is 1.30 bits per heavy atom. The monoisotopic (exact) mass is 264 g/mol. The van der Waals surface area contributed by atoms with E-state index in [-0.39, 0.29) is 0 Å². The van der Waals surface area contributed by atoms with Crippen LogP contribution in [-0.2, 0) is 0 Å². The highest BCUT2D eigenvalue weighted by molar-refractivity contribution is 5.69. The van der Waals surface area contributed by atoms with Crippen LogP contribution in [0.2, 0.25) is 0 Å². The summed E-state index contributed by atoms with van der Waals surface area (Å²) in [5, 5.41) is 0. The zero-order chi connectivity index (χ0) is 14.6. The van der Waals surface area contributed by atoms with E-state index in [1.165, 1.54) is 27.8 Å². The average molecular weight is 264 g/mol. The number of benzene rings is 1. The second kappa shape index (κ2) is 4.48. The fourth-order valence-electron chi connectivity index (χ4n) is 4.01. The molecule has 0 amide bonds. The molecule has 1 unspecified atom stereocenters. The summed E-state index contributed by atoms with van der Waals surface area (Å²) in [5.74, 6) is 1.09. The maximum absolute atomic E-state index is 2.42. The molecule has 0 saturated heterocycles. The van der Waals surface area contributed by atoms with Gasteiger partial charge in [0.2, 0.25) is 0 Å². The number of rotatable bonds is 1. The fraction of sp³-hybridized carbons (Fsp3) is 0.400. The first-order chi connectivity index (χ1) is 9.43. The van der Waals surface area contributed by atoms with Crippen LogP contribution in [0.4, 0.5) is 0 Å². The quantitative estimate of drug-likeness (QED) is 0.609. The van der Waals surface area contributed by atoms with E-state index in [0.717, 1.165) is 0 Å². The topological polar surface area (TPSA) is 0 Å². The molecule has 2 aliphatic rings. The third kappa shape index (κ3) is 1.67. The van der Waals surface area contributed by atoms with Gasteiger partial charge in [0, 0.05) is 11.8 Å². The molecular formula is C20H24. The van der Waals surface area contributed by atoms with Crippen LogP contribution in [-0.4, -0.2) is 0 Å². The van der Waals surface area contributed by atoms with E-state index in [2.05, 4.69) is 65.8 Å². The molecule has 0 aliphatic heterocycles. The summed E-state index contributed by atoms with van der Waals surface area (Å²) in [4.78, 5) is 0. The molecule has 0 N–H and O–H groups in total. The maximum Gasteiger partial charge on any atom is 0.0133 e. The third-order valence-corrected chi connectivity index (χ3v) is 5.56. The first kappa shape index (κ1) is 13.4. The van der Waals surface area contributed by atoms with Gasteiger partial charge in [-0.1, -0.05) is 35.4 Å². The lowest BCUT2D eigenvalue weighted by molar-refractivity contribution is 0.645. The van der Waals surface area contributed by atoms with E-state index >= 15 is 0 Å². The molecule has 104 valence electrons. The normalized spacial score (nSPS) is 22.2. The van der Waals surface area contributed by atoms with Gasteiger partial charge in [-0.2, -0.15) is 0 Å². The van der Waals surface area contributed by atoms with Crippen LogP contribution in [0.1, 0.15) is 55.9 Å². The van der Waals surface area contributed by atoms with Crippen molar-refractivity contribution in [2.45, 2.75) is 47.5 Å². The van der Waals surface area contributed by atoms with Gasteiger partial charge in [-0.25, -0.2) is 0 Å². The average Bonchev–Trinajstić information content (AvgIpc) is 2.93. The highest BCUT2D eigenvalue weighted by Gasteiger charge is 2.34. The van der Waals surface area contributed by atoms with Crippen molar-refractivity contribution in [3.05, 3.63) is 62.8 Å². The molecule has 1 atom stereocenters. The summed E-state index contributed by atoms with van der Waals surface area (Å²) in [6.45, 7) is 13.7. The Morgan fingerprint density at radius 3 is 1.90 bits per heavy atom. The number of allylic oxidation sites excluding steroid dienone is 5. The molecule has 0 heterocycles. The summed E-state index contributed by atoms with van der Waals surface area (Å²) >= 11 is 0. The van der Waals surface area contributed by atoms with Gasteiger partial charge >= 0.3 is 0 Å². The van der Waals surface area contributed by atoms with E-state index in [9.17, 15) is 0 Å². The van der Waals surface area contributed by atoms with E-state index in [1.54, 1.807) is 16.7 Å². The molecule has 0 nitrogen and oxygen atoms in total. The van der Waals surface area contributed by atoms with Crippen molar-refractivity contribution in [2.24, 2.45) is 5.92 Å². The predicted octanol–water partition coefficient (Wildman–Crippen LogP) is 5.72. The standard InChI is InChI=1S/C20H24/c1-11-7-8-12(2)19-17(11)9-10-18(19)20-15(5)13(3)14(4)16(20)6/h7-10,18,20H,1-6H3. The molecule has 0 spiro atoms. The van der Waals surface area contributed by atoms with Crippen LogP contribution in [0, 0.1) is 19.8 Å². The molecular weight excluding hydrogens is 240 g/mol. The molecule has 0 fully saturated rings. The van der Waals surface area contributed by atoms with Crippen molar-refractivity contribution in [2.75, 3.05) is 0 Å². The number of hydrogen-bond donors (Lipinski definition) is 0. The van der Waals surface area contributed by atoms with Crippen LogP contribution in [0.15, 0.2) is 40.5 Å². The molecule has 0 heteroatoms. The van der Waals surface area contributed by atoms with Crippen molar-refractivity contribution in [1.29, 1.82) is 0 Å². The molecule has 0 bridgehead atoms. The van der Waals surface area contributed by atoms with Gasteiger partial charge in [0.25, 0.3) is 0 Å². The Kier molecular flexibility index (Phi) is 3.01. The summed E-state index contributed by atoms with van der Waals surface area (Å²) in [5.41, 5.74) is 12.0. The van der Waals surface area contributed by atoms with Gasteiger partial charge in [0.05, 0.1) is 0 Å². The Bertz CT molecular complexity index is 656. The summed E-state index contributed by atoms with van der Waals surface area (Å²) in [6, 6.07) is 4.53. The minimum absolute atomic E-state index is 0.525. The van der Waals surface area contributed by atoms with Crippen LogP contribution >= 0.6 is 0 Å². The Labute approximate surface area is 122 Å². The Balaban J connectivity index is 2.15. The van der Waals surface area contributed by atoms with Crippen molar-refractivity contribution in [1.82, 2.24) is 0 Å². The molecule has 0 aromatic heterocycles. The molecule has 0 radical (unpaired) electrons. The van der Waals surface area contributed by atoms with E-state index in [0.29, 0.717) is 11.8 Å². The number of aryl methyl sites for hydroxylation is 2. The fourth-order valence-corrected chi connectivity index (χ4v) is 4.01. The molecule has 1 aromatic carbocycles. The van der Waals surface area contributed by atoms with E-state index in [1.807, 2.05) is 0 Å². The largest absolute Gasteiger partial charge is 0.0754 e. The van der Waals surface area contributed by atoms with Crippen LogP contribution in [0.5, 0.6) is 0 Å². The Morgan fingerprint density at radius 1 is 0.750 bits per heavy atom. The zero-order valence-corrected chi connectivity index (χ0v) is 13.5. The summed E-state index contributed by atoms with van der Waals surface area (Å²) < 4.78 is 0. The predicted molar refractivity (Wildman–Crippen MR) is 87.9 cm³/mol. The van der Waals surface area contributed by atoms with Gasteiger partial charge in [-0.05, 0) is 74.9 Å². The minimum atomic E-state index is 0.525. The van der Waals surface area contributed by atoms with Crippen LogP contribution in [0.3, 0.4) is 0 Å². The molecule has 1 aromatic rings. The highest BCUT2D eigenvalue weighted by Crippen LogP contribution is 2.49. The van der Waals surface area contributed by atoms with Gasteiger partial charge < -0.3 is 0 Å². The minimum Gasteiger partial charge on any atom is -0.0754 e. The van der Waals surface area contributed by atoms with Crippen molar-refractivity contribution in [3.8, 4) is 0 Å². The molecule has 0 saturated carbocycles. The van der Waals surface area contributed by atoms with Gasteiger partial charge in [0.15, 0.2) is 0 Å². The van der Waals surface area contributed by atoms with Crippen molar-refractivity contribution in [3.63, 3.8) is 0 Å². The van der Waals surface area contributed by atoms with Crippen molar-refractivity contribution >= 4 is 6.08 Å². The molecule has 2 aliphatic carbocycles. The van der Waals surface area contributed by atoms with Gasteiger partial charge in [-0.3, -0.25) is 0 Å². The lowest BCUT2D eigenvalue weighted by atomic mass is 9.79.